The first-order valence-corrected chi connectivity index (χ1v) is 36.2. The van der Waals surface area contributed by atoms with Crippen LogP contribution in [0.25, 0.3) is 0 Å². The number of benzene rings is 4. The van der Waals surface area contributed by atoms with Crippen molar-refractivity contribution in [3.8, 4) is 0 Å². The Kier molecular flexibility index (Phi) is 31.5. The van der Waals surface area contributed by atoms with E-state index in [1.165, 1.54) is 11.3 Å². The van der Waals surface area contributed by atoms with Crippen molar-refractivity contribution in [1.29, 1.82) is 0 Å². The molecule has 8 aliphatic heterocycles. The molecule has 4 aromatic carbocycles. The fourth-order valence-corrected chi connectivity index (χ4v) is 13.8. The van der Waals surface area contributed by atoms with Crippen molar-refractivity contribution in [2.24, 2.45) is 0 Å². The largest absolute Gasteiger partial charge is 0.380 e. The third-order valence-corrected chi connectivity index (χ3v) is 19.7. The van der Waals surface area contributed by atoms with Gasteiger partial charge in [-0.2, -0.15) is 0 Å². The normalized spacial score (nSPS) is 18.9. The van der Waals surface area contributed by atoms with Gasteiger partial charge < -0.3 is 87.3 Å². The van der Waals surface area contributed by atoms with E-state index >= 15 is 0 Å². The highest BCUT2D eigenvalue weighted by atomic mass is 16.5. The number of carbonyl (C=O) groups is 5. The van der Waals surface area contributed by atoms with Gasteiger partial charge in [-0.1, -0.05) is 6.92 Å². The van der Waals surface area contributed by atoms with Crippen LogP contribution in [0.5, 0.6) is 0 Å². The zero-order valence-corrected chi connectivity index (χ0v) is 61.5. The lowest BCUT2D eigenvalue weighted by Gasteiger charge is -2.37. The number of likely N-dealkylation sites (N-methyl/N-ethyl adjacent to an activating group) is 3. The van der Waals surface area contributed by atoms with Crippen molar-refractivity contribution in [1.82, 2.24) is 24.5 Å². The maximum absolute atomic E-state index is 12.7. The Morgan fingerprint density at radius 1 is 0.416 bits per heavy atom. The highest BCUT2D eigenvalue weighted by Gasteiger charge is 2.29. The summed E-state index contributed by atoms with van der Waals surface area (Å²) in [7, 11) is 12.2. The van der Waals surface area contributed by atoms with Crippen LogP contribution in [0, 0.1) is 0 Å². The van der Waals surface area contributed by atoms with Gasteiger partial charge in [0.15, 0.2) is 0 Å². The molecule has 8 fully saturated rings. The Labute approximate surface area is 599 Å². The van der Waals surface area contributed by atoms with Crippen LogP contribution in [0.15, 0.2) is 72.8 Å². The van der Waals surface area contributed by atoms with E-state index in [4.69, 9.17) is 37.9 Å². The van der Waals surface area contributed by atoms with Gasteiger partial charge in [-0.25, -0.2) is 0 Å². The highest BCUT2D eigenvalue weighted by molar-refractivity contribution is 5.97. The minimum atomic E-state index is 0.00406. The number of hydrogen-bond donors (Lipinski definition) is 1. The summed E-state index contributed by atoms with van der Waals surface area (Å²) in [6.07, 6.45) is 3.18. The van der Waals surface area contributed by atoms with E-state index in [1.54, 1.807) is 52.3 Å². The van der Waals surface area contributed by atoms with Gasteiger partial charge in [0.1, 0.15) is 0 Å². The second kappa shape index (κ2) is 40.7. The molecule has 8 saturated heterocycles. The zero-order valence-electron chi connectivity index (χ0n) is 61.5. The number of piperazine rings is 2. The van der Waals surface area contributed by atoms with E-state index < -0.39 is 0 Å². The van der Waals surface area contributed by atoms with Crippen LogP contribution >= 0.6 is 0 Å². The summed E-state index contributed by atoms with van der Waals surface area (Å²) in [5.41, 5.74) is 12.8. The van der Waals surface area contributed by atoms with Crippen LogP contribution in [0.4, 0.5) is 45.5 Å². The van der Waals surface area contributed by atoms with Gasteiger partial charge in [-0.05, 0) is 92.2 Å². The zero-order chi connectivity index (χ0) is 71.5. The maximum atomic E-state index is 12.7. The second-order valence-corrected chi connectivity index (χ2v) is 26.8. The molecule has 0 radical (unpaired) electrons. The van der Waals surface area contributed by atoms with Crippen LogP contribution in [-0.4, -0.2) is 300 Å². The molecule has 26 heteroatoms. The number of anilines is 8. The van der Waals surface area contributed by atoms with E-state index in [1.807, 2.05) is 41.1 Å². The van der Waals surface area contributed by atoms with Crippen molar-refractivity contribution < 1.29 is 61.9 Å². The summed E-state index contributed by atoms with van der Waals surface area (Å²) in [5, 5.41) is 3.00. The fourth-order valence-electron chi connectivity index (χ4n) is 13.8. The number of rotatable bonds is 23. The molecule has 0 spiro atoms. The Morgan fingerprint density at radius 3 is 1.20 bits per heavy atom. The second-order valence-electron chi connectivity index (χ2n) is 26.8. The summed E-state index contributed by atoms with van der Waals surface area (Å²) < 4.78 is 43.1. The highest BCUT2D eigenvalue weighted by Crippen LogP contribution is 2.34. The molecule has 0 aliphatic carbocycles. The number of nitrogens with zero attached hydrogens (tertiary/aromatic N) is 12. The third-order valence-electron chi connectivity index (χ3n) is 19.7. The lowest BCUT2D eigenvalue weighted by Crippen LogP contribution is -2.49. The van der Waals surface area contributed by atoms with Crippen molar-refractivity contribution in [3.05, 3.63) is 95.1 Å². The van der Waals surface area contributed by atoms with Crippen LogP contribution in [-0.2, 0) is 88.3 Å². The Morgan fingerprint density at radius 2 is 0.782 bits per heavy atom. The molecule has 0 atom stereocenters. The van der Waals surface area contributed by atoms with Crippen LogP contribution in [0.3, 0.4) is 0 Å². The third kappa shape index (κ3) is 23.0. The van der Waals surface area contributed by atoms with E-state index in [0.29, 0.717) is 85.3 Å². The van der Waals surface area contributed by atoms with Crippen molar-refractivity contribution >= 4 is 75.0 Å². The predicted molar refractivity (Wildman–Crippen MR) is 396 cm³/mol. The van der Waals surface area contributed by atoms with Crippen molar-refractivity contribution in [3.63, 3.8) is 0 Å². The molecule has 101 heavy (non-hydrogen) atoms. The Balaban J connectivity index is 0.000000157. The van der Waals surface area contributed by atoms with Gasteiger partial charge >= 0.3 is 0 Å². The summed E-state index contributed by atoms with van der Waals surface area (Å²) in [6, 6.07) is 24.8. The molecule has 8 heterocycles. The standard InChI is InChI=1S/C20H30N4O3.C19H29N3O4.C18H27N3O4.C18H27N3O2/c1-21(2)20(26)14-22-9-11-23(12-10-22)18-7-6-17(13-16(18)15-27-3)24-8-4-5-19(24)25;1-20(19(23)14-21-5-9-25-10-6-21)17-3-4-18(16(13-17)15-24-2)22-7-11-26-12-8-22;1-23-14-15-12-16(2-3-17(15)21-6-10-25-11-7-21)19-18(22)13-20-4-8-24-9-5-20;1-3-19-9-11-20(12-10-19)17-7-6-16(13-15(17)14-23-2)21-8-4-5-18(21)22/h6-7,13H,4-5,8-12,14-15H2,1-3H3;3-4,13H,5-12,14-15H2,1-2H3;2-3,12H,4-11,13-14H2,1H3,(H,19,22);6-7,13H,3-5,8-12,14H2,1-2H3. The fraction of sp³-hybridized carbons (Fsp3) is 0.613. The van der Waals surface area contributed by atoms with E-state index in [9.17, 15) is 24.0 Å². The smallest absolute Gasteiger partial charge is 0.240 e. The molecule has 0 aromatic heterocycles. The quantitative estimate of drug-likeness (QED) is 0.101. The minimum absolute atomic E-state index is 0.00406. The molecule has 26 nitrogen and oxygen atoms in total. The van der Waals surface area contributed by atoms with Gasteiger partial charge in [-0.15, -0.1) is 0 Å². The first-order chi connectivity index (χ1) is 49.2. The number of ether oxygens (including phenoxy) is 8. The van der Waals surface area contributed by atoms with E-state index in [0.717, 1.165) is 220 Å². The molecule has 0 unspecified atom stereocenters. The summed E-state index contributed by atoms with van der Waals surface area (Å²) >= 11 is 0. The number of nitrogens with one attached hydrogen (secondary N) is 1. The summed E-state index contributed by atoms with van der Waals surface area (Å²) in [6.45, 7) is 28.6. The number of morpholine rings is 4. The first kappa shape index (κ1) is 78.1. The lowest BCUT2D eigenvalue weighted by molar-refractivity contribution is -0.130. The topological polar surface area (TPSA) is 210 Å². The molecule has 556 valence electrons. The molecular weight excluding hydrogens is 1290 g/mol. The Hall–Kier alpha value is -7.05. The van der Waals surface area contributed by atoms with Crippen molar-refractivity contribution in [2.75, 3.05) is 286 Å². The summed E-state index contributed by atoms with van der Waals surface area (Å²) in [4.78, 5) is 86.4. The van der Waals surface area contributed by atoms with Crippen molar-refractivity contribution in [2.45, 2.75) is 59.0 Å². The van der Waals surface area contributed by atoms with Gasteiger partial charge in [0.25, 0.3) is 0 Å². The Bertz CT molecular complexity index is 3250. The first-order valence-electron chi connectivity index (χ1n) is 36.2. The van der Waals surface area contributed by atoms with Gasteiger partial charge in [0.05, 0.1) is 98.9 Å². The minimum Gasteiger partial charge on any atom is -0.380 e. The predicted octanol–water partition coefficient (Wildman–Crippen LogP) is 5.18. The molecular formula is C75H113N13O13. The van der Waals surface area contributed by atoms with Crippen LogP contribution < -0.4 is 39.6 Å². The van der Waals surface area contributed by atoms with Gasteiger partial charge in [0, 0.05) is 248 Å². The average molecular weight is 1400 g/mol. The number of amides is 5. The van der Waals surface area contributed by atoms with E-state index in [-0.39, 0.29) is 29.5 Å². The lowest BCUT2D eigenvalue weighted by atomic mass is 10.1. The molecule has 8 aliphatic rings. The molecule has 0 saturated carbocycles. The van der Waals surface area contributed by atoms with Crippen LogP contribution in [0.1, 0.15) is 54.9 Å². The van der Waals surface area contributed by atoms with E-state index in [2.05, 4.69) is 100.0 Å². The SMILES string of the molecule is CCN1CCN(c2ccc(N3CCCC3=O)cc2COC)CC1.COCc1cc(N(C)C(=O)CN2CCOCC2)ccc1N1CCOCC1.COCc1cc(N2CCCC2=O)ccc1N1CCN(CC(=O)N(C)C)CC1.COCc1cc(NC(=O)CN2CCOCC2)ccc1N1CCOCC1. The average Bonchev–Trinajstić information content (AvgIpc) is 1.78. The van der Waals surface area contributed by atoms with Gasteiger partial charge in [0.2, 0.25) is 29.5 Å². The van der Waals surface area contributed by atoms with Gasteiger partial charge in [-0.3, -0.25) is 38.7 Å². The monoisotopic (exact) mass is 1400 g/mol. The molecule has 4 aromatic rings. The van der Waals surface area contributed by atoms with Crippen LogP contribution in [0.2, 0.25) is 0 Å². The molecule has 12 rings (SSSR count). The molecule has 0 bridgehead atoms. The molecule has 5 amide bonds. The maximum Gasteiger partial charge on any atom is 0.240 e. The number of methoxy groups -OCH3 is 4. The number of hydrogen-bond acceptors (Lipinski definition) is 21. The summed E-state index contributed by atoms with van der Waals surface area (Å²) in [5.74, 6) is 0.671. The molecule has 1 N–H and O–H groups in total. The number of carbonyl (C=O) groups excluding carboxylic acids is 5.